The molecule has 1 atom stereocenters. The first kappa shape index (κ1) is 17.9. The van der Waals surface area contributed by atoms with Crippen molar-refractivity contribution in [3.63, 3.8) is 0 Å². The largest absolute Gasteiger partial charge is 0.378 e. The van der Waals surface area contributed by atoms with Gasteiger partial charge in [0.1, 0.15) is 0 Å². The number of amides is 1. The van der Waals surface area contributed by atoms with Crippen molar-refractivity contribution >= 4 is 17.5 Å². The molecule has 1 amide bonds. The first-order valence-corrected chi connectivity index (χ1v) is 9.39. The molecule has 1 aromatic rings. The third-order valence-corrected chi connectivity index (χ3v) is 5.16. The smallest absolute Gasteiger partial charge is 0.223 e. The van der Waals surface area contributed by atoms with Crippen LogP contribution >= 0.6 is 0 Å². The van der Waals surface area contributed by atoms with E-state index in [1.807, 2.05) is 12.1 Å². The average Bonchev–Trinajstić information content (AvgIpc) is 2.69. The minimum Gasteiger partial charge on any atom is -0.378 e. The molecule has 2 aliphatic heterocycles. The summed E-state index contributed by atoms with van der Waals surface area (Å²) in [5.74, 6) is 2.13. The Morgan fingerprint density at radius 2 is 1.72 bits per heavy atom. The van der Waals surface area contributed by atoms with Gasteiger partial charge in [0.25, 0.3) is 0 Å². The molecule has 0 radical (unpaired) electrons. The molecule has 0 aliphatic carbocycles. The van der Waals surface area contributed by atoms with E-state index >= 15 is 0 Å². The Morgan fingerprint density at radius 1 is 1.16 bits per heavy atom. The van der Waals surface area contributed by atoms with E-state index in [2.05, 4.69) is 39.2 Å². The van der Waals surface area contributed by atoms with Crippen molar-refractivity contribution in [3.05, 3.63) is 12.1 Å². The minimum absolute atomic E-state index is 0.117. The number of aromatic nitrogens is 2. The number of hydrogen-bond acceptors (Lipinski definition) is 6. The summed E-state index contributed by atoms with van der Waals surface area (Å²) < 4.78 is 5.37. The predicted molar refractivity (Wildman–Crippen MR) is 97.9 cm³/mol. The zero-order valence-electron chi connectivity index (χ0n) is 15.3. The van der Waals surface area contributed by atoms with Gasteiger partial charge in [-0.15, -0.1) is 10.2 Å². The van der Waals surface area contributed by atoms with E-state index in [0.29, 0.717) is 0 Å². The van der Waals surface area contributed by atoms with Crippen LogP contribution in [0, 0.1) is 5.92 Å². The molecular weight excluding hydrogens is 318 g/mol. The molecule has 1 N–H and O–H groups in total. The lowest BCUT2D eigenvalue weighted by atomic mass is 9.95. The Hall–Kier alpha value is -1.89. The summed E-state index contributed by atoms with van der Waals surface area (Å²) in [4.78, 5) is 16.7. The molecule has 2 aliphatic rings. The van der Waals surface area contributed by atoms with Gasteiger partial charge >= 0.3 is 0 Å². The van der Waals surface area contributed by atoms with Crippen molar-refractivity contribution in [2.75, 3.05) is 49.2 Å². The van der Waals surface area contributed by atoms with Gasteiger partial charge in [0, 0.05) is 38.1 Å². The van der Waals surface area contributed by atoms with Crippen LogP contribution in [0.5, 0.6) is 0 Å². The molecule has 138 valence electrons. The van der Waals surface area contributed by atoms with Crippen LogP contribution in [-0.4, -0.2) is 61.5 Å². The fourth-order valence-corrected chi connectivity index (χ4v) is 3.28. The Kier molecular flexibility index (Phi) is 6.07. The highest BCUT2D eigenvalue weighted by atomic mass is 16.5. The lowest BCUT2D eigenvalue weighted by Crippen LogP contribution is -2.43. The molecule has 3 rings (SSSR count). The molecule has 0 bridgehead atoms. The van der Waals surface area contributed by atoms with Gasteiger partial charge in [-0.2, -0.15) is 0 Å². The standard InChI is InChI=1S/C18H29N5O2/c1-3-14(2)19-18(24)15-6-8-22(9-7-15)16-4-5-17(21-20-16)23-10-12-25-13-11-23/h4-5,14-15H,3,6-13H2,1-2H3,(H,19,24). The maximum atomic E-state index is 12.3. The lowest BCUT2D eigenvalue weighted by Gasteiger charge is -2.32. The van der Waals surface area contributed by atoms with Crippen LogP contribution in [0.25, 0.3) is 0 Å². The highest BCUT2D eigenvalue weighted by Crippen LogP contribution is 2.23. The third kappa shape index (κ3) is 4.60. The number of nitrogens with one attached hydrogen (secondary N) is 1. The Bertz CT molecular complexity index is 551. The topological polar surface area (TPSA) is 70.6 Å². The molecule has 7 heteroatoms. The predicted octanol–water partition coefficient (Wildman–Crippen LogP) is 1.44. The number of anilines is 2. The van der Waals surface area contributed by atoms with Gasteiger partial charge in [0.05, 0.1) is 13.2 Å². The maximum Gasteiger partial charge on any atom is 0.223 e. The summed E-state index contributed by atoms with van der Waals surface area (Å²) in [7, 11) is 0. The van der Waals surface area contributed by atoms with E-state index in [-0.39, 0.29) is 17.9 Å². The average molecular weight is 347 g/mol. The highest BCUT2D eigenvalue weighted by molar-refractivity contribution is 5.79. The van der Waals surface area contributed by atoms with Crippen molar-refractivity contribution in [2.45, 2.75) is 39.2 Å². The SMILES string of the molecule is CCC(C)NC(=O)C1CCN(c2ccc(N3CCOCC3)nn2)CC1. The van der Waals surface area contributed by atoms with Gasteiger partial charge in [-0.1, -0.05) is 6.92 Å². The van der Waals surface area contributed by atoms with Gasteiger partial charge in [0.2, 0.25) is 5.91 Å². The molecule has 7 nitrogen and oxygen atoms in total. The Labute approximate surface area is 149 Å². The van der Waals surface area contributed by atoms with Crippen molar-refractivity contribution in [1.82, 2.24) is 15.5 Å². The molecule has 1 unspecified atom stereocenters. The van der Waals surface area contributed by atoms with Gasteiger partial charge < -0.3 is 19.9 Å². The molecule has 3 heterocycles. The zero-order valence-corrected chi connectivity index (χ0v) is 15.3. The second kappa shape index (κ2) is 8.47. The molecular formula is C18H29N5O2. The summed E-state index contributed by atoms with van der Waals surface area (Å²) in [5.41, 5.74) is 0. The number of morpholine rings is 1. The number of carbonyl (C=O) groups is 1. The molecule has 2 fully saturated rings. The normalized spacial score (nSPS) is 20.4. The minimum atomic E-state index is 0.117. The van der Waals surface area contributed by atoms with Crippen LogP contribution < -0.4 is 15.1 Å². The monoisotopic (exact) mass is 347 g/mol. The number of piperidine rings is 1. The van der Waals surface area contributed by atoms with E-state index in [1.165, 1.54) is 0 Å². The molecule has 25 heavy (non-hydrogen) atoms. The lowest BCUT2D eigenvalue weighted by molar-refractivity contribution is -0.126. The fraction of sp³-hybridized carbons (Fsp3) is 0.722. The molecule has 0 spiro atoms. The molecule has 0 aromatic carbocycles. The number of hydrogen-bond donors (Lipinski definition) is 1. The van der Waals surface area contributed by atoms with Gasteiger partial charge in [0.15, 0.2) is 11.6 Å². The van der Waals surface area contributed by atoms with E-state index < -0.39 is 0 Å². The van der Waals surface area contributed by atoms with E-state index in [0.717, 1.165) is 70.3 Å². The maximum absolute atomic E-state index is 12.3. The van der Waals surface area contributed by atoms with E-state index in [9.17, 15) is 4.79 Å². The fourth-order valence-electron chi connectivity index (χ4n) is 3.28. The Balaban J connectivity index is 1.51. The third-order valence-electron chi connectivity index (χ3n) is 5.16. The van der Waals surface area contributed by atoms with Crippen LogP contribution in [-0.2, 0) is 9.53 Å². The quantitative estimate of drug-likeness (QED) is 0.869. The summed E-state index contributed by atoms with van der Waals surface area (Å²) in [6.07, 6.45) is 2.71. The van der Waals surface area contributed by atoms with Gasteiger partial charge in [-0.05, 0) is 38.3 Å². The number of ether oxygens (including phenoxy) is 1. The summed E-state index contributed by atoms with van der Waals surface area (Å²) >= 11 is 0. The first-order valence-electron chi connectivity index (χ1n) is 9.39. The van der Waals surface area contributed by atoms with Gasteiger partial charge in [-0.25, -0.2) is 0 Å². The van der Waals surface area contributed by atoms with Crippen LogP contribution in [0.2, 0.25) is 0 Å². The van der Waals surface area contributed by atoms with Crippen LogP contribution in [0.1, 0.15) is 33.1 Å². The summed E-state index contributed by atoms with van der Waals surface area (Å²) in [5, 5.41) is 11.9. The Morgan fingerprint density at radius 3 is 2.24 bits per heavy atom. The second-order valence-corrected chi connectivity index (χ2v) is 6.93. The van der Waals surface area contributed by atoms with Crippen LogP contribution in [0.15, 0.2) is 12.1 Å². The molecule has 2 saturated heterocycles. The van der Waals surface area contributed by atoms with Crippen molar-refractivity contribution in [3.8, 4) is 0 Å². The van der Waals surface area contributed by atoms with Crippen LogP contribution in [0.4, 0.5) is 11.6 Å². The van der Waals surface area contributed by atoms with Crippen molar-refractivity contribution < 1.29 is 9.53 Å². The second-order valence-electron chi connectivity index (χ2n) is 6.93. The highest BCUT2D eigenvalue weighted by Gasteiger charge is 2.26. The number of carbonyl (C=O) groups excluding carboxylic acids is 1. The number of nitrogens with zero attached hydrogens (tertiary/aromatic N) is 4. The molecule has 1 aromatic heterocycles. The van der Waals surface area contributed by atoms with E-state index in [4.69, 9.17) is 4.74 Å². The van der Waals surface area contributed by atoms with E-state index in [1.54, 1.807) is 0 Å². The summed E-state index contributed by atoms with van der Waals surface area (Å²) in [6.45, 7) is 9.07. The van der Waals surface area contributed by atoms with Crippen molar-refractivity contribution in [1.29, 1.82) is 0 Å². The number of rotatable bonds is 5. The van der Waals surface area contributed by atoms with Crippen molar-refractivity contribution in [2.24, 2.45) is 5.92 Å². The summed E-state index contributed by atoms with van der Waals surface area (Å²) in [6, 6.07) is 4.33. The van der Waals surface area contributed by atoms with Crippen LogP contribution in [0.3, 0.4) is 0 Å². The van der Waals surface area contributed by atoms with Gasteiger partial charge in [-0.3, -0.25) is 4.79 Å². The zero-order chi connectivity index (χ0) is 17.6. The molecule has 0 saturated carbocycles. The first-order chi connectivity index (χ1) is 12.2.